The first kappa shape index (κ1) is 30.9. The minimum absolute atomic E-state index is 0.127. The third-order valence-electron chi connectivity index (χ3n) is 6.26. The molecular formula is C27H39N3O8. The van der Waals surface area contributed by atoms with Crippen LogP contribution in [-0.4, -0.2) is 70.9 Å². The predicted molar refractivity (Wildman–Crippen MR) is 138 cm³/mol. The van der Waals surface area contributed by atoms with Gasteiger partial charge >= 0.3 is 17.9 Å². The van der Waals surface area contributed by atoms with E-state index in [1.165, 1.54) is 5.56 Å². The summed E-state index contributed by atoms with van der Waals surface area (Å²) in [6.45, 7) is 13.0. The maximum Gasteiger partial charge on any atom is 0.336 e. The topological polar surface area (TPSA) is 173 Å². The molecule has 1 fully saturated rings. The molecule has 3 rings (SSSR count). The van der Waals surface area contributed by atoms with Gasteiger partial charge in [0.2, 0.25) is 0 Å². The zero-order valence-corrected chi connectivity index (χ0v) is 22.6. The summed E-state index contributed by atoms with van der Waals surface area (Å²) >= 11 is 0. The first-order chi connectivity index (χ1) is 17.5. The van der Waals surface area contributed by atoms with Gasteiger partial charge in [0.15, 0.2) is 5.60 Å². The van der Waals surface area contributed by atoms with Crippen LogP contribution in [0, 0.1) is 6.92 Å². The molecule has 0 amide bonds. The quantitative estimate of drug-likeness (QED) is 0.304. The van der Waals surface area contributed by atoms with Crippen molar-refractivity contribution < 1.29 is 39.2 Å². The standard InChI is InChI=1S/C21H31N3O.C6H8O7/c1-16-6-7-19(25-16)15-24(14-17-8-10-22-11-9-17)18-12-20(2,3)23-21(4,5)13-18;7-3(8)1-6(13,5(11)12)2-4(9)10/h6-11,18,23H,12-15H2,1-5H3;13H,1-2H2,(H,7,8)(H,9,10)(H,11,12). The largest absolute Gasteiger partial charge is 0.481 e. The molecule has 0 bridgehead atoms. The summed E-state index contributed by atoms with van der Waals surface area (Å²) in [5.41, 5.74) is -1.19. The van der Waals surface area contributed by atoms with Gasteiger partial charge in [0.1, 0.15) is 11.5 Å². The van der Waals surface area contributed by atoms with E-state index >= 15 is 0 Å². The summed E-state index contributed by atoms with van der Waals surface area (Å²) in [5, 5.41) is 37.6. The normalized spacial score (nSPS) is 16.9. The molecule has 1 aliphatic rings. The minimum atomic E-state index is -2.74. The Morgan fingerprint density at radius 3 is 1.92 bits per heavy atom. The van der Waals surface area contributed by atoms with Gasteiger partial charge in [0.05, 0.1) is 19.4 Å². The molecule has 1 aliphatic heterocycles. The van der Waals surface area contributed by atoms with Gasteiger partial charge in [-0.2, -0.15) is 0 Å². The Balaban J connectivity index is 0.000000332. The number of aromatic nitrogens is 1. The molecule has 210 valence electrons. The van der Waals surface area contributed by atoms with Crippen molar-refractivity contribution in [1.29, 1.82) is 0 Å². The van der Waals surface area contributed by atoms with Gasteiger partial charge < -0.3 is 30.2 Å². The molecule has 0 aliphatic carbocycles. The van der Waals surface area contributed by atoms with Gasteiger partial charge in [-0.15, -0.1) is 0 Å². The number of nitrogens with one attached hydrogen (secondary N) is 1. The van der Waals surface area contributed by atoms with Crippen molar-refractivity contribution in [3.63, 3.8) is 0 Å². The second kappa shape index (κ2) is 12.5. The second-order valence-corrected chi connectivity index (χ2v) is 11.2. The van der Waals surface area contributed by atoms with E-state index in [-0.39, 0.29) is 11.1 Å². The van der Waals surface area contributed by atoms with E-state index in [9.17, 15) is 14.4 Å². The van der Waals surface area contributed by atoms with Gasteiger partial charge in [-0.3, -0.25) is 19.5 Å². The van der Waals surface area contributed by atoms with Gasteiger partial charge in [0.25, 0.3) is 0 Å². The fourth-order valence-electron chi connectivity index (χ4n) is 5.05. The Kier molecular flexibility index (Phi) is 10.2. The molecule has 0 atom stereocenters. The molecule has 3 heterocycles. The molecule has 0 radical (unpaired) electrons. The average Bonchev–Trinajstić information content (AvgIpc) is 3.15. The van der Waals surface area contributed by atoms with E-state index in [4.69, 9.17) is 24.8 Å². The van der Waals surface area contributed by atoms with Gasteiger partial charge in [-0.25, -0.2) is 4.79 Å². The highest BCUT2D eigenvalue weighted by atomic mass is 16.4. The highest BCUT2D eigenvalue weighted by Crippen LogP contribution is 2.33. The smallest absolute Gasteiger partial charge is 0.336 e. The van der Waals surface area contributed by atoms with Gasteiger partial charge in [-0.05, 0) is 77.3 Å². The predicted octanol–water partition coefficient (Wildman–Crippen LogP) is 3.05. The van der Waals surface area contributed by atoms with Crippen LogP contribution in [-0.2, 0) is 27.5 Å². The lowest BCUT2D eigenvalue weighted by Crippen LogP contribution is -2.62. The Labute approximate surface area is 222 Å². The van der Waals surface area contributed by atoms with Crippen molar-refractivity contribution in [2.24, 2.45) is 0 Å². The van der Waals surface area contributed by atoms with Crippen LogP contribution in [0.3, 0.4) is 0 Å². The van der Waals surface area contributed by atoms with Crippen molar-refractivity contribution in [3.8, 4) is 0 Å². The van der Waals surface area contributed by atoms with Crippen LogP contribution in [0.1, 0.15) is 70.5 Å². The third-order valence-corrected chi connectivity index (χ3v) is 6.26. The summed E-state index contributed by atoms with van der Waals surface area (Å²) in [4.78, 5) is 37.2. The molecule has 1 saturated heterocycles. The van der Waals surface area contributed by atoms with Crippen molar-refractivity contribution >= 4 is 17.9 Å². The summed E-state index contributed by atoms with van der Waals surface area (Å²) in [6, 6.07) is 8.88. The van der Waals surface area contributed by atoms with Crippen molar-refractivity contribution in [1.82, 2.24) is 15.2 Å². The summed E-state index contributed by atoms with van der Waals surface area (Å²) in [5.74, 6) is -3.00. The van der Waals surface area contributed by atoms with E-state index in [2.05, 4.69) is 67.2 Å². The van der Waals surface area contributed by atoms with Crippen molar-refractivity contribution in [2.45, 2.75) is 96.1 Å². The zero-order chi connectivity index (χ0) is 28.7. The molecule has 2 aromatic rings. The van der Waals surface area contributed by atoms with Gasteiger partial charge in [0, 0.05) is 36.1 Å². The summed E-state index contributed by atoms with van der Waals surface area (Å²) < 4.78 is 5.88. The maximum atomic E-state index is 10.3. The van der Waals surface area contributed by atoms with Crippen LogP contribution in [0.5, 0.6) is 0 Å². The number of carbonyl (C=O) groups is 3. The third kappa shape index (κ3) is 9.88. The number of furan rings is 1. The molecular weight excluding hydrogens is 494 g/mol. The number of pyridine rings is 1. The van der Waals surface area contributed by atoms with Crippen LogP contribution in [0.15, 0.2) is 41.1 Å². The fourth-order valence-corrected chi connectivity index (χ4v) is 5.05. The van der Waals surface area contributed by atoms with E-state index in [1.807, 2.05) is 19.3 Å². The Bertz CT molecular complexity index is 1060. The van der Waals surface area contributed by atoms with Crippen molar-refractivity contribution in [2.75, 3.05) is 0 Å². The second-order valence-electron chi connectivity index (χ2n) is 11.2. The number of hydrogen-bond donors (Lipinski definition) is 5. The molecule has 11 nitrogen and oxygen atoms in total. The summed E-state index contributed by atoms with van der Waals surface area (Å²) in [6.07, 6.45) is 3.72. The highest BCUT2D eigenvalue weighted by Gasteiger charge is 2.41. The molecule has 5 N–H and O–H groups in total. The number of aliphatic carboxylic acids is 3. The lowest BCUT2D eigenvalue weighted by Gasteiger charge is -2.49. The molecule has 0 saturated carbocycles. The van der Waals surface area contributed by atoms with Crippen LogP contribution < -0.4 is 5.32 Å². The molecule has 2 aromatic heterocycles. The molecule has 38 heavy (non-hydrogen) atoms. The number of carboxylic acids is 3. The van der Waals surface area contributed by atoms with E-state index in [0.29, 0.717) is 6.04 Å². The Hall–Kier alpha value is -3.28. The van der Waals surface area contributed by atoms with Crippen LogP contribution in [0.4, 0.5) is 0 Å². The number of aliphatic hydroxyl groups is 1. The Morgan fingerprint density at radius 1 is 0.974 bits per heavy atom. The average molecular weight is 534 g/mol. The minimum Gasteiger partial charge on any atom is -0.481 e. The number of carboxylic acid groups (broad SMARTS) is 3. The van der Waals surface area contributed by atoms with E-state index in [1.54, 1.807) is 0 Å². The van der Waals surface area contributed by atoms with E-state index in [0.717, 1.165) is 37.5 Å². The first-order valence-electron chi connectivity index (χ1n) is 12.4. The molecule has 0 spiro atoms. The SMILES string of the molecule is Cc1ccc(CN(Cc2ccncc2)C2CC(C)(C)NC(C)(C)C2)o1.O=C(O)CC(O)(CC(=O)O)C(=O)O. The molecule has 0 unspecified atom stereocenters. The molecule has 0 aromatic carbocycles. The van der Waals surface area contributed by atoms with Crippen LogP contribution >= 0.6 is 0 Å². The lowest BCUT2D eigenvalue weighted by atomic mass is 9.79. The lowest BCUT2D eigenvalue weighted by molar-refractivity contribution is -0.170. The zero-order valence-electron chi connectivity index (χ0n) is 22.6. The number of hydrogen-bond acceptors (Lipinski definition) is 8. The number of rotatable bonds is 10. The van der Waals surface area contributed by atoms with Crippen molar-refractivity contribution in [3.05, 3.63) is 53.7 Å². The summed E-state index contributed by atoms with van der Waals surface area (Å²) in [7, 11) is 0. The monoisotopic (exact) mass is 533 g/mol. The Morgan fingerprint density at radius 2 is 1.50 bits per heavy atom. The number of nitrogens with zero attached hydrogens (tertiary/aromatic N) is 2. The number of aryl methyl sites for hydroxylation is 1. The van der Waals surface area contributed by atoms with Gasteiger partial charge in [-0.1, -0.05) is 0 Å². The maximum absolute atomic E-state index is 10.3. The highest BCUT2D eigenvalue weighted by molar-refractivity contribution is 5.88. The first-order valence-corrected chi connectivity index (χ1v) is 12.4. The molecule has 11 heteroatoms. The number of piperidine rings is 1. The van der Waals surface area contributed by atoms with Crippen LogP contribution in [0.25, 0.3) is 0 Å². The fraction of sp³-hybridized carbons (Fsp3) is 0.556. The van der Waals surface area contributed by atoms with E-state index < -0.39 is 36.4 Å². The van der Waals surface area contributed by atoms with Crippen LogP contribution in [0.2, 0.25) is 0 Å².